The van der Waals surface area contributed by atoms with E-state index in [-0.39, 0.29) is 19.5 Å². The first kappa shape index (κ1) is 39.6. The van der Waals surface area contributed by atoms with Gasteiger partial charge in [0.25, 0.3) is 5.91 Å². The molecule has 0 aromatic heterocycles. The van der Waals surface area contributed by atoms with E-state index in [2.05, 4.69) is 16.0 Å². The molecule has 2 aromatic carbocycles. The molecule has 16 heteroatoms. The van der Waals surface area contributed by atoms with E-state index in [9.17, 15) is 24.0 Å². The molecule has 0 bridgehead atoms. The minimum absolute atomic E-state index is 0.149. The van der Waals surface area contributed by atoms with E-state index >= 15 is 0 Å². The second-order valence-electron chi connectivity index (χ2n) is 13.1. The molecule has 1 heterocycles. The number of urea groups is 1. The van der Waals surface area contributed by atoms with Crippen molar-refractivity contribution in [1.82, 2.24) is 25.2 Å². The van der Waals surface area contributed by atoms with E-state index in [0.717, 1.165) is 17.5 Å². The summed E-state index contributed by atoms with van der Waals surface area (Å²) in [4.78, 5) is 65.8. The van der Waals surface area contributed by atoms with Crippen molar-refractivity contribution in [3.8, 4) is 0 Å². The van der Waals surface area contributed by atoms with E-state index in [1.807, 2.05) is 0 Å². The highest BCUT2D eigenvalue weighted by Crippen LogP contribution is 2.32. The number of hydrogen-bond donors (Lipinski definition) is 3. The topological polar surface area (TPSA) is 156 Å². The number of hydrogen-bond acceptors (Lipinski definition) is 9. The van der Waals surface area contributed by atoms with Crippen LogP contribution in [0.2, 0.25) is 10.0 Å². The van der Waals surface area contributed by atoms with Gasteiger partial charge in [0.2, 0.25) is 0 Å². The molecule has 13 nitrogen and oxygen atoms in total. The van der Waals surface area contributed by atoms with Crippen LogP contribution in [0.5, 0.6) is 0 Å². The van der Waals surface area contributed by atoms with Crippen molar-refractivity contribution in [1.29, 1.82) is 0 Å². The number of carbonyl (C=O) groups excluding carboxylic acids is 5. The second-order valence-corrected chi connectivity index (χ2v) is 15.0. The predicted molar refractivity (Wildman–Crippen MR) is 187 cm³/mol. The molecule has 3 rings (SSSR count). The number of halogens is 2. The van der Waals surface area contributed by atoms with Crippen LogP contribution in [0.4, 0.5) is 14.4 Å². The first-order valence-electron chi connectivity index (χ1n) is 15.6. The number of carbonyl (C=O) groups is 5. The molecule has 1 aliphatic rings. The Morgan fingerprint density at radius 1 is 0.857 bits per heavy atom. The summed E-state index contributed by atoms with van der Waals surface area (Å²) in [5, 5.41) is 9.00. The molecule has 0 spiro atoms. The molecule has 3 N–H and O–H groups in total. The van der Waals surface area contributed by atoms with Crippen molar-refractivity contribution in [3.63, 3.8) is 0 Å². The minimum Gasteiger partial charge on any atom is -0.444 e. The van der Waals surface area contributed by atoms with Crippen LogP contribution < -0.4 is 16.0 Å². The maximum Gasteiger partial charge on any atom is 0.408 e. The number of esters is 1. The first-order valence-corrected chi connectivity index (χ1v) is 17.2. The fourth-order valence-corrected chi connectivity index (χ4v) is 5.60. The third-order valence-electron chi connectivity index (χ3n) is 6.48. The largest absolute Gasteiger partial charge is 0.444 e. The van der Waals surface area contributed by atoms with Crippen LogP contribution >= 0.6 is 35.1 Å². The SMILES string of the molecule is CC(C)(C)OC(=O)NCCCCC(NC(=O)OC(C)(C)C)C(=O)OCN1C(=O)N(Cc2ccc(Cl)cc2)SC1NC(=O)c1ccc(Cl)cc1. The van der Waals surface area contributed by atoms with E-state index in [1.54, 1.807) is 90.1 Å². The molecule has 0 saturated carbocycles. The molecule has 49 heavy (non-hydrogen) atoms. The Morgan fingerprint density at radius 2 is 1.43 bits per heavy atom. The molecule has 268 valence electrons. The monoisotopic (exact) mass is 739 g/mol. The van der Waals surface area contributed by atoms with Gasteiger partial charge in [0, 0.05) is 34.1 Å². The third-order valence-corrected chi connectivity index (χ3v) is 8.09. The normalized spacial score (nSPS) is 15.3. The van der Waals surface area contributed by atoms with Gasteiger partial charge in [-0.15, -0.1) is 0 Å². The number of nitrogens with zero attached hydrogens (tertiary/aromatic N) is 2. The van der Waals surface area contributed by atoms with Crippen molar-refractivity contribution in [2.45, 2.75) is 90.1 Å². The number of rotatable bonds is 13. The van der Waals surface area contributed by atoms with Crippen molar-refractivity contribution in [3.05, 3.63) is 69.7 Å². The average molecular weight is 741 g/mol. The highest BCUT2D eigenvalue weighted by molar-refractivity contribution is 7.98. The molecular formula is C33H43Cl2N5O8S. The van der Waals surface area contributed by atoms with Crippen LogP contribution in [-0.4, -0.2) is 75.3 Å². The number of ether oxygens (including phenoxy) is 3. The van der Waals surface area contributed by atoms with Crippen molar-refractivity contribution in [2.24, 2.45) is 0 Å². The van der Waals surface area contributed by atoms with Gasteiger partial charge in [0.1, 0.15) is 17.2 Å². The summed E-state index contributed by atoms with van der Waals surface area (Å²) in [6, 6.07) is 11.5. The van der Waals surface area contributed by atoms with Crippen LogP contribution in [0, 0.1) is 0 Å². The van der Waals surface area contributed by atoms with Gasteiger partial charge in [-0.05, 0) is 103 Å². The molecule has 1 saturated heterocycles. The van der Waals surface area contributed by atoms with Crippen molar-refractivity contribution >= 4 is 65.2 Å². The summed E-state index contributed by atoms with van der Waals surface area (Å²) in [6.07, 6.45) is -0.351. The fourth-order valence-electron chi connectivity index (χ4n) is 4.26. The molecule has 1 aliphatic heterocycles. The van der Waals surface area contributed by atoms with Crippen LogP contribution in [0.15, 0.2) is 48.5 Å². The lowest BCUT2D eigenvalue weighted by Crippen LogP contribution is -2.48. The molecule has 0 aliphatic carbocycles. The standard InChI is InChI=1S/C33H43Cl2N5O8S/c1-32(2,3)47-29(43)36-18-8-7-9-25(37-30(44)48-33(4,5)6)27(42)46-20-39-28(38-26(41)22-12-16-24(35)17-13-22)49-40(31(39)45)19-21-10-14-23(34)15-11-21/h10-17,25,28H,7-9,18-20H2,1-6H3,(H,36,43)(H,37,44)(H,38,41). The van der Waals surface area contributed by atoms with Crippen LogP contribution in [-0.2, 0) is 25.5 Å². The van der Waals surface area contributed by atoms with Crippen molar-refractivity contribution < 1.29 is 38.2 Å². The highest BCUT2D eigenvalue weighted by atomic mass is 35.5. The van der Waals surface area contributed by atoms with Gasteiger partial charge in [-0.3, -0.25) is 14.0 Å². The predicted octanol–water partition coefficient (Wildman–Crippen LogP) is 6.68. The molecule has 5 amide bonds. The van der Waals surface area contributed by atoms with Gasteiger partial charge in [0.05, 0.1) is 6.54 Å². The molecule has 2 unspecified atom stereocenters. The molecule has 2 atom stereocenters. The zero-order valence-corrected chi connectivity index (χ0v) is 30.7. The quantitative estimate of drug-likeness (QED) is 0.0883. The first-order chi connectivity index (χ1) is 22.9. The lowest BCUT2D eigenvalue weighted by molar-refractivity contribution is -0.150. The molecule has 2 aromatic rings. The molecule has 1 fully saturated rings. The maximum absolute atomic E-state index is 13.6. The summed E-state index contributed by atoms with van der Waals surface area (Å²) < 4.78 is 17.6. The Bertz CT molecular complexity index is 1470. The molecule has 0 radical (unpaired) electrons. The van der Waals surface area contributed by atoms with Crippen LogP contribution in [0.25, 0.3) is 0 Å². The Morgan fingerprint density at radius 3 is 2.02 bits per heavy atom. The van der Waals surface area contributed by atoms with Crippen LogP contribution in [0.3, 0.4) is 0 Å². The number of unbranched alkanes of at least 4 members (excludes halogenated alkanes) is 1. The summed E-state index contributed by atoms with van der Waals surface area (Å²) in [6.45, 7) is 10.3. The number of benzene rings is 2. The summed E-state index contributed by atoms with van der Waals surface area (Å²) >= 11 is 13.0. The Hall–Kier alpha value is -3.88. The smallest absolute Gasteiger partial charge is 0.408 e. The van der Waals surface area contributed by atoms with E-state index in [4.69, 9.17) is 37.4 Å². The fraction of sp³-hybridized carbons (Fsp3) is 0.485. The maximum atomic E-state index is 13.6. The van der Waals surface area contributed by atoms with E-state index < -0.39 is 59.6 Å². The summed E-state index contributed by atoms with van der Waals surface area (Å²) in [5.41, 5.74) is -1.30. The summed E-state index contributed by atoms with van der Waals surface area (Å²) in [7, 11) is 0. The van der Waals surface area contributed by atoms with Gasteiger partial charge in [0.15, 0.2) is 12.2 Å². The zero-order valence-electron chi connectivity index (χ0n) is 28.3. The minimum atomic E-state index is -1.13. The molecular weight excluding hydrogens is 697 g/mol. The van der Waals surface area contributed by atoms with Crippen LogP contribution in [0.1, 0.15) is 76.7 Å². The third kappa shape index (κ3) is 13.9. The van der Waals surface area contributed by atoms with E-state index in [1.165, 1.54) is 9.21 Å². The second kappa shape index (κ2) is 17.7. The highest BCUT2D eigenvalue weighted by Gasteiger charge is 2.41. The Kier molecular flexibility index (Phi) is 14.3. The lowest BCUT2D eigenvalue weighted by atomic mass is 10.1. The van der Waals surface area contributed by atoms with Gasteiger partial charge < -0.3 is 30.2 Å². The van der Waals surface area contributed by atoms with Crippen molar-refractivity contribution in [2.75, 3.05) is 13.3 Å². The van der Waals surface area contributed by atoms with Gasteiger partial charge >= 0.3 is 24.2 Å². The summed E-state index contributed by atoms with van der Waals surface area (Å²) in [5.74, 6) is -1.29. The Labute approximate surface area is 300 Å². The zero-order chi connectivity index (χ0) is 36.4. The number of amides is 5. The average Bonchev–Trinajstić information content (AvgIpc) is 3.27. The van der Waals surface area contributed by atoms with Gasteiger partial charge in [-0.1, -0.05) is 35.3 Å². The van der Waals surface area contributed by atoms with E-state index in [0.29, 0.717) is 28.5 Å². The van der Waals surface area contributed by atoms with Gasteiger partial charge in [-0.25, -0.2) is 19.2 Å². The number of alkyl carbamates (subject to hydrolysis) is 2. The van der Waals surface area contributed by atoms with Gasteiger partial charge in [-0.2, -0.15) is 0 Å². The number of nitrogens with one attached hydrogen (secondary N) is 3. The lowest BCUT2D eigenvalue weighted by Gasteiger charge is -2.25. The Balaban J connectivity index is 1.70.